The molecule has 1 saturated heterocycles. The fraction of sp³-hybridized carbons (Fsp3) is 0.500. The van der Waals surface area contributed by atoms with Crippen molar-refractivity contribution in [2.45, 2.75) is 24.1 Å². The first-order chi connectivity index (χ1) is 10.1. The number of nitrogens with zero attached hydrogens (tertiary/aromatic N) is 2. The summed E-state index contributed by atoms with van der Waals surface area (Å²) in [6, 6.07) is 3.16. The van der Waals surface area contributed by atoms with Crippen molar-refractivity contribution in [2.24, 2.45) is 5.92 Å². The van der Waals surface area contributed by atoms with Crippen molar-refractivity contribution >= 4 is 29.3 Å². The second-order valence-corrected chi connectivity index (χ2v) is 5.88. The van der Waals surface area contributed by atoms with E-state index in [0.717, 1.165) is 12.8 Å². The van der Waals surface area contributed by atoms with E-state index in [2.05, 4.69) is 22.6 Å². The van der Waals surface area contributed by atoms with Gasteiger partial charge in [0.2, 0.25) is 0 Å². The van der Waals surface area contributed by atoms with Crippen molar-refractivity contribution < 1.29 is 14.6 Å². The lowest BCUT2D eigenvalue weighted by Gasteiger charge is -2.35. The maximum absolute atomic E-state index is 14.2. The standard InChI is InChI=1S/C14H18FN3O2S/c15-9-5-10-11(17-14(21)16-10)6-12(9)18-3-1-8(2-4-18)13(20)7-19/h5-6,8,13,19-20H,1-4,7H2,(H2,16,17,21). The van der Waals surface area contributed by atoms with Crippen molar-refractivity contribution in [3.05, 3.63) is 17.9 Å². The second-order valence-electron chi connectivity index (χ2n) is 5.46. The Balaban J connectivity index is 1.80. The average molecular weight is 311 g/mol. The van der Waals surface area contributed by atoms with Crippen molar-refractivity contribution in [2.75, 3.05) is 24.6 Å². The maximum Gasteiger partial charge on any atom is 0.163 e. The molecule has 0 aliphatic carbocycles. The van der Waals surface area contributed by atoms with Crippen LogP contribution in [0.1, 0.15) is 12.8 Å². The third-order valence-corrected chi connectivity index (χ3v) is 4.36. The minimum atomic E-state index is -0.683. The number of anilines is 1. The molecule has 1 aliphatic heterocycles. The van der Waals surface area contributed by atoms with Crippen LogP contribution in [0.2, 0.25) is 0 Å². The summed E-state index contributed by atoms with van der Waals surface area (Å²) in [4.78, 5) is 9.06. The van der Waals surface area contributed by atoms with Crippen LogP contribution in [0.25, 0.3) is 11.0 Å². The second kappa shape index (κ2) is 5.82. The zero-order chi connectivity index (χ0) is 15.0. The Morgan fingerprint density at radius 3 is 2.81 bits per heavy atom. The van der Waals surface area contributed by atoms with Crippen LogP contribution < -0.4 is 4.90 Å². The van der Waals surface area contributed by atoms with Crippen LogP contribution in [-0.4, -0.2) is 46.0 Å². The molecule has 0 spiro atoms. The van der Waals surface area contributed by atoms with Crippen LogP contribution in [-0.2, 0) is 0 Å². The highest BCUT2D eigenvalue weighted by atomic mass is 32.1. The molecule has 1 unspecified atom stereocenters. The third-order valence-electron chi connectivity index (χ3n) is 4.15. The minimum Gasteiger partial charge on any atom is -0.394 e. The highest BCUT2D eigenvalue weighted by Crippen LogP contribution is 2.30. The van der Waals surface area contributed by atoms with Gasteiger partial charge in [0.25, 0.3) is 0 Å². The molecule has 1 aromatic carbocycles. The molecule has 3 N–H and O–H groups in total. The van der Waals surface area contributed by atoms with Crippen LogP contribution in [0, 0.1) is 11.7 Å². The van der Waals surface area contributed by atoms with Crippen LogP contribution in [0.4, 0.5) is 10.1 Å². The van der Waals surface area contributed by atoms with E-state index in [9.17, 15) is 9.50 Å². The lowest BCUT2D eigenvalue weighted by Crippen LogP contribution is -2.39. The topological polar surface area (TPSA) is 72.4 Å². The minimum absolute atomic E-state index is 0.0764. The van der Waals surface area contributed by atoms with Crippen molar-refractivity contribution in [3.63, 3.8) is 0 Å². The normalized spacial score (nSPS) is 18.4. The van der Waals surface area contributed by atoms with Crippen LogP contribution in [0.3, 0.4) is 0 Å². The van der Waals surface area contributed by atoms with Gasteiger partial charge >= 0.3 is 0 Å². The molecule has 0 saturated carbocycles. The van der Waals surface area contributed by atoms with E-state index in [1.807, 2.05) is 4.90 Å². The molecule has 114 valence electrons. The molecule has 3 rings (SSSR count). The molecule has 2 aromatic rings. The Kier molecular flexibility index (Phi) is 4.05. The summed E-state index contributed by atoms with van der Waals surface area (Å²) >= 11 is 4.13. The monoisotopic (exact) mass is 311 g/mol. The molecule has 0 radical (unpaired) electrons. The SMILES string of the molecule is OCC(O)C1CCN(c2cc3nc(S)[nH]c3cc2F)CC1. The van der Waals surface area contributed by atoms with Gasteiger partial charge in [-0.2, -0.15) is 0 Å². The van der Waals surface area contributed by atoms with E-state index in [0.29, 0.717) is 35.0 Å². The number of aromatic nitrogens is 2. The van der Waals surface area contributed by atoms with Gasteiger partial charge in [0, 0.05) is 19.2 Å². The first kappa shape index (κ1) is 14.6. The summed E-state index contributed by atoms with van der Waals surface area (Å²) in [6.07, 6.45) is 0.785. The smallest absolute Gasteiger partial charge is 0.163 e. The molecule has 0 bridgehead atoms. The summed E-state index contributed by atoms with van der Waals surface area (Å²) in [5, 5.41) is 19.1. The molecular weight excluding hydrogens is 293 g/mol. The number of fused-ring (bicyclic) bond motifs is 1. The first-order valence-corrected chi connectivity index (χ1v) is 7.45. The molecule has 5 nitrogen and oxygen atoms in total. The molecule has 1 aromatic heterocycles. The Hall–Kier alpha value is -1.31. The number of hydrogen-bond donors (Lipinski definition) is 4. The summed E-state index contributed by atoms with van der Waals surface area (Å²) in [6.45, 7) is 1.09. The van der Waals surface area contributed by atoms with Gasteiger partial charge in [-0.05, 0) is 24.8 Å². The van der Waals surface area contributed by atoms with E-state index >= 15 is 0 Å². The van der Waals surface area contributed by atoms with Gasteiger partial charge in [-0.15, -0.1) is 12.6 Å². The van der Waals surface area contributed by atoms with Crippen LogP contribution in [0.5, 0.6) is 0 Å². The number of nitrogens with one attached hydrogen (secondary N) is 1. The first-order valence-electron chi connectivity index (χ1n) is 7.00. The van der Waals surface area contributed by atoms with Gasteiger partial charge in [0.05, 0.1) is 29.4 Å². The summed E-state index contributed by atoms with van der Waals surface area (Å²) in [5.74, 6) is -0.215. The highest BCUT2D eigenvalue weighted by molar-refractivity contribution is 7.80. The number of benzene rings is 1. The van der Waals surface area contributed by atoms with E-state index in [1.165, 1.54) is 6.07 Å². The summed E-state index contributed by atoms with van der Waals surface area (Å²) < 4.78 is 14.2. The van der Waals surface area contributed by atoms with E-state index in [4.69, 9.17) is 5.11 Å². The largest absolute Gasteiger partial charge is 0.394 e. The molecule has 0 amide bonds. The van der Waals surface area contributed by atoms with E-state index in [-0.39, 0.29) is 18.3 Å². The number of imidazole rings is 1. The quantitative estimate of drug-likeness (QED) is 0.649. The van der Waals surface area contributed by atoms with Gasteiger partial charge in [-0.3, -0.25) is 0 Å². The third kappa shape index (κ3) is 2.86. The van der Waals surface area contributed by atoms with Crippen molar-refractivity contribution in [3.8, 4) is 0 Å². The number of hydrogen-bond acceptors (Lipinski definition) is 5. The molecule has 1 atom stereocenters. The Morgan fingerprint density at radius 1 is 1.43 bits per heavy atom. The molecule has 7 heteroatoms. The number of H-pyrrole nitrogens is 1. The lowest BCUT2D eigenvalue weighted by molar-refractivity contribution is 0.0376. The Labute approximate surface area is 127 Å². The van der Waals surface area contributed by atoms with Gasteiger partial charge in [-0.25, -0.2) is 9.37 Å². The predicted octanol–water partition coefficient (Wildman–Crippen LogP) is 1.56. The number of rotatable bonds is 3. The van der Waals surface area contributed by atoms with E-state index < -0.39 is 6.10 Å². The van der Waals surface area contributed by atoms with Gasteiger partial charge in [0.15, 0.2) is 5.16 Å². The van der Waals surface area contributed by atoms with Crippen molar-refractivity contribution in [1.29, 1.82) is 0 Å². The van der Waals surface area contributed by atoms with Crippen LogP contribution in [0.15, 0.2) is 17.3 Å². The fourth-order valence-electron chi connectivity index (χ4n) is 2.92. The predicted molar refractivity (Wildman–Crippen MR) is 81.3 cm³/mol. The maximum atomic E-state index is 14.2. The number of thiol groups is 1. The van der Waals surface area contributed by atoms with Gasteiger partial charge in [-0.1, -0.05) is 0 Å². The lowest BCUT2D eigenvalue weighted by atomic mass is 9.91. The van der Waals surface area contributed by atoms with E-state index in [1.54, 1.807) is 6.07 Å². The number of aromatic amines is 1. The molecular formula is C14H18FN3O2S. The Bertz CT molecular complexity index is 640. The molecule has 1 fully saturated rings. The molecule has 21 heavy (non-hydrogen) atoms. The summed E-state index contributed by atoms with van der Waals surface area (Å²) in [5.41, 5.74) is 1.85. The van der Waals surface area contributed by atoms with Gasteiger partial charge in [0.1, 0.15) is 5.82 Å². The fourth-order valence-corrected chi connectivity index (χ4v) is 3.15. The van der Waals surface area contributed by atoms with Crippen molar-refractivity contribution in [1.82, 2.24) is 9.97 Å². The zero-order valence-electron chi connectivity index (χ0n) is 11.5. The summed E-state index contributed by atoms with van der Waals surface area (Å²) in [7, 11) is 0. The number of aliphatic hydroxyl groups is 2. The number of aliphatic hydroxyl groups excluding tert-OH is 2. The molecule has 2 heterocycles. The Morgan fingerprint density at radius 2 is 2.14 bits per heavy atom. The highest BCUT2D eigenvalue weighted by Gasteiger charge is 2.26. The zero-order valence-corrected chi connectivity index (χ0v) is 12.4. The van der Waals surface area contributed by atoms with Crippen LogP contribution >= 0.6 is 12.6 Å². The number of piperidine rings is 1. The molecule has 1 aliphatic rings. The average Bonchev–Trinajstić information content (AvgIpc) is 2.85. The number of halogens is 1. The van der Waals surface area contributed by atoms with Gasteiger partial charge < -0.3 is 20.1 Å².